The number of carbonyl (C=O) groups excluding carboxylic acids is 1. The molecule has 0 amide bonds. The summed E-state index contributed by atoms with van der Waals surface area (Å²) in [5, 5.41) is 34.1. The van der Waals surface area contributed by atoms with Crippen molar-refractivity contribution >= 4 is 29.2 Å². The summed E-state index contributed by atoms with van der Waals surface area (Å²) in [4.78, 5) is 24.0. The third-order valence-electron chi connectivity index (χ3n) is 2.39. The average Bonchev–Trinajstić information content (AvgIpc) is 2.94. The maximum absolute atomic E-state index is 9.76. The first-order valence-electron chi connectivity index (χ1n) is 5.73. The number of aromatic nitrogens is 4. The maximum atomic E-state index is 9.76. The number of nitrogens with two attached hydrogens (primary N) is 2. The largest absolute Gasteiger partial charge is 0.394 e. The van der Waals surface area contributed by atoms with Crippen LogP contribution in [0.15, 0.2) is 6.33 Å². The standard InChI is InChI=1S/C5H6N6.C5H10O5/c6-3-2-4(9-1-8-2)11-5(7)10-3;6-1-3(8)5(10)4(9)2-7/h1H,(H5,6,7,8,9,10,11);1,3-5,7-10H,2H2/t;3-,4+,5-/m.0/s1. The number of aliphatic hydroxyl groups excluding tert-OH is 4. The van der Waals surface area contributed by atoms with Crippen molar-refractivity contribution in [2.75, 3.05) is 18.1 Å². The van der Waals surface area contributed by atoms with Gasteiger partial charge in [-0.1, -0.05) is 0 Å². The number of aliphatic hydroxyl groups is 4. The van der Waals surface area contributed by atoms with Gasteiger partial charge in [-0.05, 0) is 0 Å². The van der Waals surface area contributed by atoms with Crippen molar-refractivity contribution in [2.45, 2.75) is 18.3 Å². The third kappa shape index (κ3) is 4.32. The van der Waals surface area contributed by atoms with Crippen LogP contribution in [0.2, 0.25) is 0 Å². The first-order chi connectivity index (χ1) is 9.90. The number of nitrogen functional groups attached to an aromatic ring is 2. The van der Waals surface area contributed by atoms with E-state index in [1.807, 2.05) is 0 Å². The topological polar surface area (TPSA) is 204 Å². The van der Waals surface area contributed by atoms with Crippen LogP contribution < -0.4 is 11.5 Å². The predicted molar refractivity (Wildman–Crippen MR) is 71.7 cm³/mol. The number of aromatic amines is 1. The fourth-order valence-corrected chi connectivity index (χ4v) is 1.29. The number of aldehydes is 1. The van der Waals surface area contributed by atoms with Crippen molar-refractivity contribution in [2.24, 2.45) is 0 Å². The Morgan fingerprint density at radius 1 is 1.29 bits per heavy atom. The Kier molecular flexibility index (Phi) is 5.92. The molecule has 3 atom stereocenters. The van der Waals surface area contributed by atoms with E-state index in [4.69, 9.17) is 31.9 Å². The van der Waals surface area contributed by atoms with Gasteiger partial charge in [0.15, 0.2) is 17.8 Å². The number of carbonyl (C=O) groups is 1. The summed E-state index contributed by atoms with van der Waals surface area (Å²) < 4.78 is 0. The molecule has 0 radical (unpaired) electrons. The molecule has 0 bridgehead atoms. The lowest BCUT2D eigenvalue weighted by atomic mass is 10.1. The molecule has 0 unspecified atom stereocenters. The minimum atomic E-state index is -1.64. The summed E-state index contributed by atoms with van der Waals surface area (Å²) in [6.07, 6.45) is -3.14. The average molecular weight is 300 g/mol. The van der Waals surface area contributed by atoms with Gasteiger partial charge < -0.3 is 41.7 Å². The van der Waals surface area contributed by atoms with Gasteiger partial charge in [0.05, 0.1) is 12.9 Å². The lowest BCUT2D eigenvalue weighted by Crippen LogP contribution is -2.40. The highest BCUT2D eigenvalue weighted by Gasteiger charge is 2.22. The molecule has 0 aliphatic carbocycles. The molecule has 0 saturated carbocycles. The summed E-state index contributed by atoms with van der Waals surface area (Å²) >= 11 is 0. The van der Waals surface area contributed by atoms with Crippen molar-refractivity contribution in [3.05, 3.63) is 6.33 Å². The Hall–Kier alpha value is -2.34. The second-order valence-electron chi connectivity index (χ2n) is 3.93. The highest BCUT2D eigenvalue weighted by molar-refractivity contribution is 5.81. The molecular weight excluding hydrogens is 284 g/mol. The van der Waals surface area contributed by atoms with E-state index in [1.165, 1.54) is 6.33 Å². The van der Waals surface area contributed by atoms with Crippen LogP contribution in [0.4, 0.5) is 11.8 Å². The zero-order valence-electron chi connectivity index (χ0n) is 10.8. The summed E-state index contributed by atoms with van der Waals surface area (Å²) in [5.41, 5.74) is 11.9. The minimum Gasteiger partial charge on any atom is -0.394 e. The number of hydrogen-bond donors (Lipinski definition) is 7. The number of anilines is 2. The van der Waals surface area contributed by atoms with E-state index in [-0.39, 0.29) is 12.2 Å². The van der Waals surface area contributed by atoms with Crippen LogP contribution in [0.5, 0.6) is 0 Å². The lowest BCUT2D eigenvalue weighted by Gasteiger charge is -2.16. The van der Waals surface area contributed by atoms with E-state index in [9.17, 15) is 4.79 Å². The number of H-pyrrole nitrogens is 1. The van der Waals surface area contributed by atoms with Crippen LogP contribution in [-0.2, 0) is 4.79 Å². The quantitative estimate of drug-likeness (QED) is 0.281. The molecule has 9 N–H and O–H groups in total. The van der Waals surface area contributed by atoms with Crippen molar-refractivity contribution in [3.63, 3.8) is 0 Å². The molecule has 116 valence electrons. The van der Waals surface area contributed by atoms with Gasteiger partial charge in [0.1, 0.15) is 23.8 Å². The van der Waals surface area contributed by atoms with Gasteiger partial charge in [-0.2, -0.15) is 9.97 Å². The maximum Gasteiger partial charge on any atom is 0.224 e. The number of hydrogen-bond acceptors (Lipinski definition) is 10. The van der Waals surface area contributed by atoms with Gasteiger partial charge in [-0.15, -0.1) is 0 Å². The molecule has 0 aliphatic heterocycles. The normalized spacial score (nSPS) is 14.9. The van der Waals surface area contributed by atoms with Crippen molar-refractivity contribution in [3.8, 4) is 0 Å². The molecule has 0 spiro atoms. The smallest absolute Gasteiger partial charge is 0.224 e. The molecule has 11 nitrogen and oxygen atoms in total. The van der Waals surface area contributed by atoms with Crippen LogP contribution in [-0.4, -0.2) is 71.6 Å². The molecule has 0 aliphatic rings. The fourth-order valence-electron chi connectivity index (χ4n) is 1.29. The Labute approximate surface area is 118 Å². The Morgan fingerprint density at radius 2 is 1.95 bits per heavy atom. The van der Waals surface area contributed by atoms with E-state index in [0.717, 1.165) is 0 Å². The SMILES string of the molecule is Nc1nc(N)c2nc[nH]c2n1.O=C[C@H](O)[C@H](O)[C@H](O)CO. The van der Waals surface area contributed by atoms with E-state index in [2.05, 4.69) is 19.9 Å². The summed E-state index contributed by atoms with van der Waals surface area (Å²) in [7, 11) is 0. The molecule has 2 aromatic rings. The van der Waals surface area contributed by atoms with Gasteiger partial charge in [-0.3, -0.25) is 0 Å². The highest BCUT2D eigenvalue weighted by atomic mass is 16.4. The summed E-state index contributed by atoms with van der Waals surface area (Å²) in [6.45, 7) is -0.688. The van der Waals surface area contributed by atoms with Crippen LogP contribution in [0.3, 0.4) is 0 Å². The van der Waals surface area contributed by atoms with E-state index in [1.54, 1.807) is 0 Å². The monoisotopic (exact) mass is 300 g/mol. The van der Waals surface area contributed by atoms with Crippen LogP contribution in [0.1, 0.15) is 0 Å². The summed E-state index contributed by atoms with van der Waals surface area (Å²) in [5.74, 6) is 0.452. The zero-order chi connectivity index (χ0) is 16.0. The molecule has 11 heteroatoms. The van der Waals surface area contributed by atoms with Gasteiger partial charge >= 0.3 is 0 Å². The predicted octanol–water partition coefficient (Wildman–Crippen LogP) is -3.22. The molecule has 2 rings (SSSR count). The molecule has 2 heterocycles. The molecule has 21 heavy (non-hydrogen) atoms. The first-order valence-corrected chi connectivity index (χ1v) is 5.73. The summed E-state index contributed by atoms with van der Waals surface area (Å²) in [6, 6.07) is 0. The molecule has 0 aromatic carbocycles. The van der Waals surface area contributed by atoms with Gasteiger partial charge in [-0.25, -0.2) is 4.98 Å². The molecule has 2 aromatic heterocycles. The van der Waals surface area contributed by atoms with Gasteiger partial charge in [0.25, 0.3) is 0 Å². The number of nitrogens with one attached hydrogen (secondary N) is 1. The van der Waals surface area contributed by atoms with Gasteiger partial charge in [0, 0.05) is 0 Å². The van der Waals surface area contributed by atoms with Gasteiger partial charge in [0.2, 0.25) is 5.95 Å². The van der Waals surface area contributed by atoms with Crippen LogP contribution in [0, 0.1) is 0 Å². The Morgan fingerprint density at radius 3 is 2.52 bits per heavy atom. The Bertz CT molecular complexity index is 590. The number of rotatable bonds is 4. The van der Waals surface area contributed by atoms with Crippen LogP contribution >= 0.6 is 0 Å². The molecule has 0 saturated heterocycles. The van der Waals surface area contributed by atoms with Crippen LogP contribution in [0.25, 0.3) is 11.2 Å². The van der Waals surface area contributed by atoms with Crippen molar-refractivity contribution < 1.29 is 25.2 Å². The fraction of sp³-hybridized carbons (Fsp3) is 0.400. The second-order valence-corrected chi connectivity index (χ2v) is 3.93. The minimum absolute atomic E-state index is 0.0869. The van der Waals surface area contributed by atoms with E-state index < -0.39 is 24.9 Å². The molecule has 0 fully saturated rings. The van der Waals surface area contributed by atoms with E-state index in [0.29, 0.717) is 17.0 Å². The zero-order valence-corrected chi connectivity index (χ0v) is 10.8. The number of imidazole rings is 1. The highest BCUT2D eigenvalue weighted by Crippen LogP contribution is 2.12. The second kappa shape index (κ2) is 7.44. The Balaban J connectivity index is 0.000000212. The van der Waals surface area contributed by atoms with Crippen molar-refractivity contribution in [1.29, 1.82) is 0 Å². The number of fused-ring (bicyclic) bond motifs is 1. The van der Waals surface area contributed by atoms with Crippen molar-refractivity contribution in [1.82, 2.24) is 19.9 Å². The number of nitrogens with zero attached hydrogens (tertiary/aromatic N) is 3. The van der Waals surface area contributed by atoms with E-state index >= 15 is 0 Å². The first kappa shape index (κ1) is 16.7. The third-order valence-corrected chi connectivity index (χ3v) is 2.39. The lowest BCUT2D eigenvalue weighted by molar-refractivity contribution is -0.127. The molecular formula is C10H16N6O5.